The van der Waals surface area contributed by atoms with E-state index in [-0.39, 0.29) is 18.0 Å². The van der Waals surface area contributed by atoms with Crippen molar-refractivity contribution in [2.24, 2.45) is 0 Å². The van der Waals surface area contributed by atoms with E-state index in [0.29, 0.717) is 38.3 Å². The number of ether oxygens (including phenoxy) is 1. The van der Waals surface area contributed by atoms with Crippen LogP contribution in [-0.4, -0.2) is 59.6 Å². The Morgan fingerprint density at radius 1 is 1.11 bits per heavy atom. The minimum absolute atomic E-state index is 0.0768. The Labute approximate surface area is 165 Å². The molecule has 0 radical (unpaired) electrons. The average molecular weight is 382 g/mol. The van der Waals surface area contributed by atoms with Gasteiger partial charge in [0.1, 0.15) is 0 Å². The lowest BCUT2D eigenvalue weighted by atomic mass is 10.1. The first-order valence-electron chi connectivity index (χ1n) is 9.56. The van der Waals surface area contributed by atoms with E-state index in [0.717, 1.165) is 11.3 Å². The molecule has 1 atom stereocenters. The molecule has 1 fully saturated rings. The fraction of sp³-hybridized carbons (Fsp3) is 0.381. The van der Waals surface area contributed by atoms with E-state index in [1.165, 1.54) is 0 Å². The molecular weight excluding hydrogens is 356 g/mol. The van der Waals surface area contributed by atoms with Crippen LogP contribution in [0.25, 0.3) is 0 Å². The first-order valence-corrected chi connectivity index (χ1v) is 9.56. The van der Waals surface area contributed by atoms with Crippen LogP contribution in [-0.2, 0) is 4.74 Å². The number of pyridine rings is 1. The molecule has 2 amide bonds. The zero-order valence-corrected chi connectivity index (χ0v) is 16.3. The van der Waals surface area contributed by atoms with Gasteiger partial charge in [-0.2, -0.15) is 0 Å². The number of piperazine rings is 1. The summed E-state index contributed by atoms with van der Waals surface area (Å²) in [7, 11) is 0. The molecule has 0 spiro atoms. The lowest BCUT2D eigenvalue weighted by molar-refractivity contribution is 0.0570. The zero-order valence-electron chi connectivity index (χ0n) is 16.3. The molecule has 1 unspecified atom stereocenters. The van der Waals surface area contributed by atoms with E-state index in [4.69, 9.17) is 4.74 Å². The highest BCUT2D eigenvalue weighted by Gasteiger charge is 2.25. The van der Waals surface area contributed by atoms with E-state index in [2.05, 4.69) is 29.4 Å². The van der Waals surface area contributed by atoms with Crippen LogP contribution in [0.15, 0.2) is 48.8 Å². The van der Waals surface area contributed by atoms with Crippen LogP contribution in [0.1, 0.15) is 35.8 Å². The number of amides is 2. The van der Waals surface area contributed by atoms with Gasteiger partial charge in [-0.1, -0.05) is 30.3 Å². The topological polar surface area (TPSA) is 74.8 Å². The third kappa shape index (κ3) is 4.79. The normalized spacial score (nSPS) is 15.1. The summed E-state index contributed by atoms with van der Waals surface area (Å²) in [6, 6.07) is 12.0. The van der Waals surface area contributed by atoms with Gasteiger partial charge in [-0.25, -0.2) is 4.79 Å². The predicted octanol–water partition coefficient (Wildman–Crippen LogP) is 3.17. The van der Waals surface area contributed by atoms with Gasteiger partial charge in [0, 0.05) is 44.6 Å². The van der Waals surface area contributed by atoms with Crippen molar-refractivity contribution in [3.63, 3.8) is 0 Å². The SMILES string of the molecule is CCOC(=O)N1CCN(C(=O)c2cncc(NC(C)c3ccccc3)c2)CC1. The summed E-state index contributed by atoms with van der Waals surface area (Å²) in [4.78, 5) is 32.2. The summed E-state index contributed by atoms with van der Waals surface area (Å²) in [5.74, 6) is -0.0768. The summed E-state index contributed by atoms with van der Waals surface area (Å²) in [6.07, 6.45) is 2.98. The predicted molar refractivity (Wildman–Crippen MR) is 107 cm³/mol. The Balaban J connectivity index is 1.61. The molecule has 28 heavy (non-hydrogen) atoms. The number of hydrogen-bond donors (Lipinski definition) is 1. The standard InChI is InChI=1S/C21H26N4O3/c1-3-28-21(27)25-11-9-24(10-12-25)20(26)18-13-19(15-22-14-18)23-16(2)17-7-5-4-6-8-17/h4-8,13-16,23H,3,9-12H2,1-2H3. The molecule has 1 aliphatic heterocycles. The number of carbonyl (C=O) groups is 2. The van der Waals surface area contributed by atoms with Crippen molar-refractivity contribution in [2.45, 2.75) is 19.9 Å². The van der Waals surface area contributed by atoms with Gasteiger partial charge in [0.15, 0.2) is 0 Å². The van der Waals surface area contributed by atoms with Crippen LogP contribution in [0.4, 0.5) is 10.5 Å². The second-order valence-electron chi connectivity index (χ2n) is 6.72. The number of nitrogens with zero attached hydrogens (tertiary/aromatic N) is 3. The van der Waals surface area contributed by atoms with Crippen LogP contribution >= 0.6 is 0 Å². The molecule has 0 bridgehead atoms. The van der Waals surface area contributed by atoms with Crippen molar-refractivity contribution < 1.29 is 14.3 Å². The summed E-state index contributed by atoms with van der Waals surface area (Å²) >= 11 is 0. The minimum Gasteiger partial charge on any atom is -0.450 e. The summed E-state index contributed by atoms with van der Waals surface area (Å²) in [5, 5.41) is 3.39. The fourth-order valence-electron chi connectivity index (χ4n) is 3.20. The molecule has 0 aliphatic carbocycles. The smallest absolute Gasteiger partial charge is 0.409 e. The van der Waals surface area contributed by atoms with E-state index < -0.39 is 0 Å². The highest BCUT2D eigenvalue weighted by atomic mass is 16.6. The maximum atomic E-state index is 12.8. The summed E-state index contributed by atoms with van der Waals surface area (Å²) < 4.78 is 5.02. The Morgan fingerprint density at radius 3 is 2.46 bits per heavy atom. The van der Waals surface area contributed by atoms with Crippen molar-refractivity contribution in [3.8, 4) is 0 Å². The van der Waals surface area contributed by atoms with Gasteiger partial charge in [-0.3, -0.25) is 9.78 Å². The zero-order chi connectivity index (χ0) is 19.9. The number of rotatable bonds is 5. The number of carbonyl (C=O) groups excluding carboxylic acids is 2. The number of anilines is 1. The molecule has 7 nitrogen and oxygen atoms in total. The fourth-order valence-corrected chi connectivity index (χ4v) is 3.20. The maximum absolute atomic E-state index is 12.8. The first kappa shape index (κ1) is 19.7. The van der Waals surface area contributed by atoms with Crippen molar-refractivity contribution in [1.82, 2.24) is 14.8 Å². The molecule has 7 heteroatoms. The largest absolute Gasteiger partial charge is 0.450 e. The number of aromatic nitrogens is 1. The van der Waals surface area contributed by atoms with E-state index in [1.54, 1.807) is 29.1 Å². The van der Waals surface area contributed by atoms with Gasteiger partial charge in [-0.05, 0) is 25.5 Å². The van der Waals surface area contributed by atoms with E-state index >= 15 is 0 Å². The number of benzene rings is 1. The molecule has 1 N–H and O–H groups in total. The van der Waals surface area contributed by atoms with Gasteiger partial charge < -0.3 is 19.9 Å². The molecule has 2 heterocycles. The quantitative estimate of drug-likeness (QED) is 0.860. The Hall–Kier alpha value is -3.09. The molecule has 3 rings (SSSR count). The lowest BCUT2D eigenvalue weighted by Crippen LogP contribution is -2.50. The molecule has 2 aromatic rings. The third-order valence-electron chi connectivity index (χ3n) is 4.76. The molecular formula is C21H26N4O3. The number of hydrogen-bond acceptors (Lipinski definition) is 5. The van der Waals surface area contributed by atoms with Crippen LogP contribution in [0.2, 0.25) is 0 Å². The molecule has 1 aliphatic rings. The Morgan fingerprint density at radius 2 is 1.79 bits per heavy atom. The second kappa shape index (κ2) is 9.21. The van der Waals surface area contributed by atoms with E-state index in [9.17, 15) is 9.59 Å². The van der Waals surface area contributed by atoms with Crippen molar-refractivity contribution >= 4 is 17.7 Å². The van der Waals surface area contributed by atoms with Crippen molar-refractivity contribution in [1.29, 1.82) is 0 Å². The molecule has 1 aromatic heterocycles. The van der Waals surface area contributed by atoms with Crippen LogP contribution < -0.4 is 5.32 Å². The second-order valence-corrected chi connectivity index (χ2v) is 6.72. The van der Waals surface area contributed by atoms with Crippen LogP contribution in [0.3, 0.4) is 0 Å². The third-order valence-corrected chi connectivity index (χ3v) is 4.76. The molecule has 148 valence electrons. The minimum atomic E-state index is -0.322. The lowest BCUT2D eigenvalue weighted by Gasteiger charge is -2.34. The first-order chi connectivity index (χ1) is 13.6. The molecule has 1 saturated heterocycles. The van der Waals surface area contributed by atoms with Gasteiger partial charge in [0.2, 0.25) is 0 Å². The highest BCUT2D eigenvalue weighted by molar-refractivity contribution is 5.95. The van der Waals surface area contributed by atoms with Crippen LogP contribution in [0.5, 0.6) is 0 Å². The van der Waals surface area contributed by atoms with Gasteiger partial charge in [-0.15, -0.1) is 0 Å². The maximum Gasteiger partial charge on any atom is 0.409 e. The molecule has 0 saturated carbocycles. The van der Waals surface area contributed by atoms with Crippen molar-refractivity contribution in [2.75, 3.05) is 38.1 Å². The monoisotopic (exact) mass is 382 g/mol. The average Bonchev–Trinajstić information content (AvgIpc) is 2.74. The highest BCUT2D eigenvalue weighted by Crippen LogP contribution is 2.20. The van der Waals surface area contributed by atoms with Gasteiger partial charge >= 0.3 is 6.09 Å². The van der Waals surface area contributed by atoms with E-state index in [1.807, 2.05) is 24.3 Å². The molecule has 1 aromatic carbocycles. The number of nitrogens with one attached hydrogen (secondary N) is 1. The summed E-state index contributed by atoms with van der Waals surface area (Å²) in [5.41, 5.74) is 2.50. The van der Waals surface area contributed by atoms with Crippen molar-refractivity contribution in [3.05, 3.63) is 59.9 Å². The van der Waals surface area contributed by atoms with Gasteiger partial charge in [0.05, 0.1) is 17.9 Å². The van der Waals surface area contributed by atoms with Gasteiger partial charge in [0.25, 0.3) is 5.91 Å². The Bertz CT molecular complexity index is 804. The Kier molecular flexibility index (Phi) is 6.47. The summed E-state index contributed by atoms with van der Waals surface area (Å²) in [6.45, 7) is 6.11. The van der Waals surface area contributed by atoms with Crippen LogP contribution in [0, 0.1) is 0 Å².